The van der Waals surface area contributed by atoms with Crippen molar-refractivity contribution >= 4 is 5.91 Å². The summed E-state index contributed by atoms with van der Waals surface area (Å²) in [7, 11) is 0. The molecular weight excluding hydrogens is 290 g/mol. The second-order valence-electron chi connectivity index (χ2n) is 7.15. The van der Waals surface area contributed by atoms with Crippen LogP contribution in [0.5, 0.6) is 0 Å². The number of hydrogen-bond acceptors (Lipinski definition) is 3. The monoisotopic (exact) mass is 319 g/mol. The lowest BCUT2D eigenvalue weighted by Crippen LogP contribution is -2.26. The van der Waals surface area contributed by atoms with E-state index in [0.717, 1.165) is 25.9 Å². The Labute approximate surface area is 139 Å². The average molecular weight is 319 g/mol. The molecule has 2 rings (SSSR count). The highest BCUT2D eigenvalue weighted by Gasteiger charge is 2.15. The van der Waals surface area contributed by atoms with E-state index in [0.29, 0.717) is 25.3 Å². The van der Waals surface area contributed by atoms with Gasteiger partial charge in [-0.1, -0.05) is 32.9 Å². The van der Waals surface area contributed by atoms with Crippen molar-refractivity contribution in [3.05, 3.63) is 35.4 Å². The summed E-state index contributed by atoms with van der Waals surface area (Å²) in [4.78, 5) is 12.1. The predicted octanol–water partition coefficient (Wildman–Crippen LogP) is 3.30. The zero-order chi connectivity index (χ0) is 16.7. The molecule has 4 nitrogen and oxygen atoms in total. The molecule has 0 aliphatic carbocycles. The zero-order valence-electron chi connectivity index (χ0n) is 14.6. The molecule has 1 aliphatic heterocycles. The molecule has 1 saturated heterocycles. The van der Waals surface area contributed by atoms with Crippen LogP contribution in [-0.4, -0.2) is 38.4 Å². The maximum Gasteiger partial charge on any atom is 0.251 e. The summed E-state index contributed by atoms with van der Waals surface area (Å²) in [6, 6.07) is 7.84. The summed E-state index contributed by atoms with van der Waals surface area (Å²) in [6.07, 6.45) is 3.32. The summed E-state index contributed by atoms with van der Waals surface area (Å²) in [5, 5.41) is 2.94. The van der Waals surface area contributed by atoms with Crippen LogP contribution in [0, 0.1) is 0 Å². The first kappa shape index (κ1) is 18.0. The van der Waals surface area contributed by atoms with Crippen LogP contribution < -0.4 is 5.32 Å². The van der Waals surface area contributed by atoms with Crippen molar-refractivity contribution in [1.29, 1.82) is 0 Å². The van der Waals surface area contributed by atoms with E-state index >= 15 is 0 Å². The molecule has 1 atom stereocenters. The van der Waals surface area contributed by atoms with E-state index in [1.165, 1.54) is 5.56 Å². The summed E-state index contributed by atoms with van der Waals surface area (Å²) in [5.74, 6) is -0.0235. The highest BCUT2D eigenvalue weighted by atomic mass is 16.5. The lowest BCUT2D eigenvalue weighted by atomic mass is 9.87. The van der Waals surface area contributed by atoms with Gasteiger partial charge in [0.2, 0.25) is 0 Å². The van der Waals surface area contributed by atoms with Gasteiger partial charge in [-0.3, -0.25) is 4.79 Å². The molecule has 23 heavy (non-hydrogen) atoms. The van der Waals surface area contributed by atoms with Crippen molar-refractivity contribution in [3.63, 3.8) is 0 Å². The third-order valence-corrected chi connectivity index (χ3v) is 4.09. The van der Waals surface area contributed by atoms with E-state index in [2.05, 4.69) is 26.1 Å². The van der Waals surface area contributed by atoms with Crippen molar-refractivity contribution in [2.24, 2.45) is 0 Å². The van der Waals surface area contributed by atoms with Crippen LogP contribution in [0.2, 0.25) is 0 Å². The van der Waals surface area contributed by atoms with Gasteiger partial charge in [0.15, 0.2) is 0 Å². The molecule has 0 saturated carbocycles. The van der Waals surface area contributed by atoms with Crippen molar-refractivity contribution < 1.29 is 14.3 Å². The number of nitrogens with one attached hydrogen (secondary N) is 1. The zero-order valence-corrected chi connectivity index (χ0v) is 14.6. The topological polar surface area (TPSA) is 47.6 Å². The standard InChI is InChI=1S/C19H29NO3/c1-19(2,3)16-9-7-15(8-10-16)18(21)20-11-5-12-22-14-17-6-4-13-23-17/h7-10,17H,4-6,11-14H2,1-3H3,(H,20,21). The molecule has 4 heteroatoms. The lowest BCUT2D eigenvalue weighted by molar-refractivity contribution is 0.0166. The van der Waals surface area contributed by atoms with Gasteiger partial charge in [0, 0.05) is 25.3 Å². The summed E-state index contributed by atoms with van der Waals surface area (Å²) >= 11 is 0. The van der Waals surface area contributed by atoms with E-state index in [9.17, 15) is 4.79 Å². The van der Waals surface area contributed by atoms with E-state index in [4.69, 9.17) is 9.47 Å². The first-order chi connectivity index (χ1) is 11.0. The van der Waals surface area contributed by atoms with Crippen LogP contribution in [0.4, 0.5) is 0 Å². The van der Waals surface area contributed by atoms with Gasteiger partial charge in [-0.25, -0.2) is 0 Å². The maximum atomic E-state index is 12.1. The Morgan fingerprint density at radius 1 is 1.30 bits per heavy atom. The Bertz CT molecular complexity index is 484. The minimum atomic E-state index is -0.0235. The summed E-state index contributed by atoms with van der Waals surface area (Å²) in [5.41, 5.74) is 2.05. The molecule has 0 aromatic heterocycles. The number of rotatable bonds is 7. The van der Waals surface area contributed by atoms with Crippen LogP contribution in [0.25, 0.3) is 0 Å². The second kappa shape index (κ2) is 8.46. The molecule has 1 unspecified atom stereocenters. The fraction of sp³-hybridized carbons (Fsp3) is 0.632. The lowest BCUT2D eigenvalue weighted by Gasteiger charge is -2.19. The highest BCUT2D eigenvalue weighted by Crippen LogP contribution is 2.22. The van der Waals surface area contributed by atoms with Crippen LogP contribution in [0.3, 0.4) is 0 Å². The number of benzene rings is 1. The average Bonchev–Trinajstić information content (AvgIpc) is 3.03. The van der Waals surface area contributed by atoms with Gasteiger partial charge in [-0.15, -0.1) is 0 Å². The molecule has 1 heterocycles. The van der Waals surface area contributed by atoms with Crippen LogP contribution in [0.15, 0.2) is 24.3 Å². The third-order valence-electron chi connectivity index (χ3n) is 4.09. The van der Waals surface area contributed by atoms with E-state index in [1.54, 1.807) is 0 Å². The summed E-state index contributed by atoms with van der Waals surface area (Å²) in [6.45, 7) is 9.31. The van der Waals surface area contributed by atoms with Crippen LogP contribution in [-0.2, 0) is 14.9 Å². The summed E-state index contributed by atoms with van der Waals surface area (Å²) < 4.78 is 11.1. The maximum absolute atomic E-state index is 12.1. The van der Waals surface area contributed by atoms with Crippen LogP contribution in [0.1, 0.15) is 56.0 Å². The fourth-order valence-corrected chi connectivity index (χ4v) is 2.59. The van der Waals surface area contributed by atoms with Gasteiger partial charge in [0.25, 0.3) is 5.91 Å². The number of ether oxygens (including phenoxy) is 2. The molecule has 0 spiro atoms. The van der Waals surface area contributed by atoms with Gasteiger partial charge in [-0.2, -0.15) is 0 Å². The molecule has 1 aromatic rings. The Balaban J connectivity index is 1.62. The molecule has 1 amide bonds. The van der Waals surface area contributed by atoms with Gasteiger partial charge >= 0.3 is 0 Å². The molecule has 1 fully saturated rings. The van der Waals surface area contributed by atoms with Crippen molar-refractivity contribution in [2.45, 2.75) is 51.6 Å². The molecule has 1 aromatic carbocycles. The Kier molecular flexibility index (Phi) is 6.60. The van der Waals surface area contributed by atoms with Gasteiger partial charge < -0.3 is 14.8 Å². The van der Waals surface area contributed by atoms with Gasteiger partial charge in [0.05, 0.1) is 12.7 Å². The van der Waals surface area contributed by atoms with Crippen molar-refractivity contribution in [3.8, 4) is 0 Å². The number of amides is 1. The fourth-order valence-electron chi connectivity index (χ4n) is 2.59. The van der Waals surface area contributed by atoms with Crippen molar-refractivity contribution in [1.82, 2.24) is 5.32 Å². The van der Waals surface area contributed by atoms with E-state index in [-0.39, 0.29) is 17.4 Å². The normalized spacial score (nSPS) is 18.1. The first-order valence-electron chi connectivity index (χ1n) is 8.55. The minimum Gasteiger partial charge on any atom is -0.379 e. The number of carbonyl (C=O) groups excluding carboxylic acids is 1. The molecule has 1 aliphatic rings. The Morgan fingerprint density at radius 2 is 2.04 bits per heavy atom. The Morgan fingerprint density at radius 3 is 2.65 bits per heavy atom. The van der Waals surface area contributed by atoms with Crippen LogP contribution >= 0.6 is 0 Å². The SMILES string of the molecule is CC(C)(C)c1ccc(C(=O)NCCCOCC2CCCO2)cc1. The Hall–Kier alpha value is -1.39. The first-order valence-corrected chi connectivity index (χ1v) is 8.55. The largest absolute Gasteiger partial charge is 0.379 e. The van der Waals surface area contributed by atoms with Gasteiger partial charge in [0.1, 0.15) is 0 Å². The third kappa shape index (κ3) is 5.96. The predicted molar refractivity (Wildman–Crippen MR) is 91.9 cm³/mol. The minimum absolute atomic E-state index is 0.0235. The molecule has 0 bridgehead atoms. The smallest absolute Gasteiger partial charge is 0.251 e. The van der Waals surface area contributed by atoms with Gasteiger partial charge in [-0.05, 0) is 42.4 Å². The quantitative estimate of drug-likeness (QED) is 0.785. The molecule has 0 radical (unpaired) electrons. The molecular formula is C19H29NO3. The second-order valence-corrected chi connectivity index (χ2v) is 7.15. The highest BCUT2D eigenvalue weighted by molar-refractivity contribution is 5.94. The van der Waals surface area contributed by atoms with Crippen molar-refractivity contribution in [2.75, 3.05) is 26.4 Å². The number of carbonyl (C=O) groups is 1. The molecule has 1 N–H and O–H groups in total. The number of hydrogen-bond donors (Lipinski definition) is 1. The molecule has 128 valence electrons. The van der Waals surface area contributed by atoms with E-state index in [1.807, 2.05) is 24.3 Å². The van der Waals surface area contributed by atoms with E-state index < -0.39 is 0 Å².